The summed E-state index contributed by atoms with van der Waals surface area (Å²) >= 11 is 20.9. The van der Waals surface area contributed by atoms with Gasteiger partial charge in [-0.2, -0.15) is 0 Å². The summed E-state index contributed by atoms with van der Waals surface area (Å²) in [4.78, 5) is 41.9. The van der Waals surface area contributed by atoms with Crippen molar-refractivity contribution in [3.63, 3.8) is 0 Å². The van der Waals surface area contributed by atoms with E-state index in [2.05, 4.69) is 13.8 Å². The number of benzene rings is 2. The normalized spacial score (nSPS) is 10.7. The average molecular weight is 620 g/mol. The van der Waals surface area contributed by atoms with Gasteiger partial charge in [0.25, 0.3) is 0 Å². The summed E-state index contributed by atoms with van der Waals surface area (Å²) in [6.45, 7) is 12.0. The van der Waals surface area contributed by atoms with E-state index >= 15 is 0 Å². The molecular weight excluding hydrogens is 578 g/mol. The maximum Gasteiger partial charge on any atom is 0.229 e. The van der Waals surface area contributed by atoms with E-state index in [1.807, 2.05) is 82.3 Å². The van der Waals surface area contributed by atoms with E-state index in [-0.39, 0.29) is 32.8 Å². The van der Waals surface area contributed by atoms with Crippen LogP contribution in [-0.4, -0.2) is 21.0 Å². The minimum Gasteiger partial charge on any atom is -0.281 e. The molecule has 0 amide bonds. The molecule has 39 heavy (non-hydrogen) atoms. The molecule has 0 aliphatic carbocycles. The molecule has 0 saturated heterocycles. The van der Waals surface area contributed by atoms with Crippen LogP contribution in [0.25, 0.3) is 0 Å². The molecule has 0 heterocycles. The molecule has 218 valence electrons. The molecule has 0 bridgehead atoms. The fraction of sp³-hybridized carbons (Fsp3) is 0.484. The van der Waals surface area contributed by atoms with Crippen molar-refractivity contribution in [2.24, 2.45) is 11.8 Å². The second-order valence-corrected chi connectivity index (χ2v) is 10.9. The average Bonchev–Trinajstić information content (AvgIpc) is 2.86. The number of aryl methyl sites for hydroxylation is 1. The van der Waals surface area contributed by atoms with E-state index in [9.17, 15) is 19.2 Å². The van der Waals surface area contributed by atoms with Crippen molar-refractivity contribution in [1.29, 1.82) is 0 Å². The van der Waals surface area contributed by atoms with Crippen molar-refractivity contribution >= 4 is 67.4 Å². The van der Waals surface area contributed by atoms with Crippen LogP contribution < -0.4 is 0 Å². The van der Waals surface area contributed by atoms with Gasteiger partial charge in [0.1, 0.15) is 0 Å². The van der Waals surface area contributed by atoms with Gasteiger partial charge in [-0.15, -0.1) is 0 Å². The molecule has 0 saturated carbocycles. The largest absolute Gasteiger partial charge is 0.281 e. The zero-order chi connectivity index (χ0) is 30.4. The highest BCUT2D eigenvalue weighted by Gasteiger charge is 2.15. The number of hydrogen-bond acceptors (Lipinski definition) is 4. The van der Waals surface area contributed by atoms with Gasteiger partial charge in [-0.1, -0.05) is 94.8 Å². The SMILES string of the molecule is CC(C)CCC(=O)Cl.CCC(C(=O)Cl)c1ccccc1.CCC(CC)C(=O)Cl.Cc1ccc(CC(=O)Cl)cc1. The van der Waals surface area contributed by atoms with Gasteiger partial charge in [-0.25, -0.2) is 0 Å². The van der Waals surface area contributed by atoms with Crippen LogP contribution in [0.5, 0.6) is 0 Å². The van der Waals surface area contributed by atoms with E-state index in [4.69, 9.17) is 46.4 Å². The second kappa shape index (κ2) is 24.1. The highest BCUT2D eigenvalue weighted by Crippen LogP contribution is 2.21. The second-order valence-electron chi connectivity index (χ2n) is 9.30. The van der Waals surface area contributed by atoms with E-state index in [1.165, 1.54) is 5.56 Å². The van der Waals surface area contributed by atoms with Gasteiger partial charge >= 0.3 is 0 Å². The zero-order valence-corrected chi connectivity index (χ0v) is 26.8. The van der Waals surface area contributed by atoms with Crippen molar-refractivity contribution in [3.8, 4) is 0 Å². The molecule has 0 aliphatic rings. The van der Waals surface area contributed by atoms with Gasteiger partial charge < -0.3 is 0 Å². The summed E-state index contributed by atoms with van der Waals surface area (Å²) in [6, 6.07) is 17.4. The van der Waals surface area contributed by atoms with Crippen LogP contribution in [-0.2, 0) is 25.6 Å². The number of rotatable bonds is 11. The van der Waals surface area contributed by atoms with E-state index in [1.54, 1.807) is 0 Å². The summed E-state index contributed by atoms with van der Waals surface area (Å²) in [5, 5.41) is -1.01. The summed E-state index contributed by atoms with van der Waals surface area (Å²) < 4.78 is 0. The number of halogens is 4. The minimum absolute atomic E-state index is 0.0802. The Morgan fingerprint density at radius 2 is 1.21 bits per heavy atom. The van der Waals surface area contributed by atoms with Crippen LogP contribution in [0.2, 0.25) is 0 Å². The molecule has 0 aromatic heterocycles. The van der Waals surface area contributed by atoms with Crippen molar-refractivity contribution in [1.82, 2.24) is 0 Å². The predicted octanol–water partition coefficient (Wildman–Crippen LogP) is 9.62. The molecule has 8 heteroatoms. The molecule has 1 unspecified atom stereocenters. The molecule has 2 aromatic carbocycles. The lowest BCUT2D eigenvalue weighted by molar-refractivity contribution is -0.115. The lowest BCUT2D eigenvalue weighted by Crippen LogP contribution is -2.04. The Bertz CT molecular complexity index is 956. The first kappa shape index (κ1) is 39.4. The monoisotopic (exact) mass is 618 g/mol. The topological polar surface area (TPSA) is 68.3 Å². The predicted molar refractivity (Wildman–Crippen MR) is 166 cm³/mol. The maximum absolute atomic E-state index is 10.9. The Labute approximate surface area is 254 Å². The third-order valence-corrected chi connectivity index (χ3v) is 6.47. The first-order chi connectivity index (χ1) is 18.3. The van der Waals surface area contributed by atoms with Crippen LogP contribution in [0.4, 0.5) is 0 Å². The molecule has 2 rings (SSSR count). The lowest BCUT2D eigenvalue weighted by Gasteiger charge is -2.08. The van der Waals surface area contributed by atoms with Crippen molar-refractivity contribution in [2.75, 3.05) is 0 Å². The Morgan fingerprint density at radius 1 is 0.692 bits per heavy atom. The van der Waals surface area contributed by atoms with Crippen molar-refractivity contribution in [2.45, 2.75) is 86.0 Å². The molecule has 0 spiro atoms. The Balaban J connectivity index is 0. The van der Waals surface area contributed by atoms with E-state index in [0.29, 0.717) is 18.8 Å². The van der Waals surface area contributed by atoms with E-state index < -0.39 is 0 Å². The van der Waals surface area contributed by atoms with Gasteiger partial charge in [0, 0.05) is 18.8 Å². The number of hydrogen-bond donors (Lipinski definition) is 0. The fourth-order valence-electron chi connectivity index (χ4n) is 3.09. The maximum atomic E-state index is 10.9. The molecule has 1 atom stereocenters. The third kappa shape index (κ3) is 22.8. The van der Waals surface area contributed by atoms with Crippen LogP contribution in [0.3, 0.4) is 0 Å². The lowest BCUT2D eigenvalue weighted by atomic mass is 9.98. The van der Waals surface area contributed by atoms with Gasteiger partial charge in [-0.3, -0.25) is 19.2 Å². The molecule has 4 nitrogen and oxygen atoms in total. The van der Waals surface area contributed by atoms with Crippen molar-refractivity contribution in [3.05, 3.63) is 71.3 Å². The molecule has 0 fully saturated rings. The third-order valence-electron chi connectivity index (χ3n) is 5.57. The molecule has 0 aliphatic heterocycles. The van der Waals surface area contributed by atoms with Gasteiger partial charge in [-0.05, 0) is 96.1 Å². The highest BCUT2D eigenvalue weighted by atomic mass is 35.5. The minimum atomic E-state index is -0.311. The summed E-state index contributed by atoms with van der Waals surface area (Å²) in [6.07, 6.45) is 4.22. The van der Waals surface area contributed by atoms with Gasteiger partial charge in [0.2, 0.25) is 21.0 Å². The standard InChI is InChI=1S/C10H11ClO.C9H9ClO.2C6H11ClO/c1-2-9(10(11)12)8-6-4-3-5-7-8;1-7-2-4-8(5-3-7)6-9(10)11;1-5(2)3-4-6(7)8;1-3-5(4-2)6(7)8/h3-7,9H,2H2,1H3;2-5H,6H2,1H3;2*5H,3-4H2,1-2H3. The van der Waals surface area contributed by atoms with Crippen LogP contribution in [0.1, 0.15) is 89.3 Å². The first-order valence-electron chi connectivity index (χ1n) is 13.1. The van der Waals surface area contributed by atoms with Crippen LogP contribution >= 0.6 is 46.4 Å². The molecule has 2 aromatic rings. The van der Waals surface area contributed by atoms with Crippen LogP contribution in [0, 0.1) is 18.8 Å². The van der Waals surface area contributed by atoms with Gasteiger partial charge in [0.05, 0.1) is 5.92 Å². The molecular formula is C31H42Cl4O4. The van der Waals surface area contributed by atoms with Crippen LogP contribution in [0.15, 0.2) is 54.6 Å². The fourth-order valence-corrected chi connectivity index (χ4v) is 3.94. The van der Waals surface area contributed by atoms with Gasteiger partial charge in [0.15, 0.2) is 0 Å². The smallest absolute Gasteiger partial charge is 0.229 e. The number of carbonyl (C=O) groups is 4. The summed E-state index contributed by atoms with van der Waals surface area (Å²) in [5.74, 6) is 0.516. The first-order valence-corrected chi connectivity index (χ1v) is 14.7. The zero-order valence-electron chi connectivity index (χ0n) is 23.8. The van der Waals surface area contributed by atoms with E-state index in [0.717, 1.165) is 36.8 Å². The quantitative estimate of drug-likeness (QED) is 0.235. The molecule has 0 N–H and O–H groups in total. The highest BCUT2D eigenvalue weighted by molar-refractivity contribution is 6.65. The Hall–Kier alpha value is -1.72. The Kier molecular flexibility index (Phi) is 24.4. The number of carbonyl (C=O) groups excluding carboxylic acids is 4. The summed E-state index contributed by atoms with van der Waals surface area (Å²) in [7, 11) is 0. The Morgan fingerprint density at radius 3 is 1.49 bits per heavy atom. The van der Waals surface area contributed by atoms with Crippen molar-refractivity contribution < 1.29 is 19.2 Å². The molecule has 0 radical (unpaired) electrons. The summed E-state index contributed by atoms with van der Waals surface area (Å²) in [5.41, 5.74) is 3.16.